The quantitative estimate of drug-likeness (QED) is 0.173. The average Bonchev–Trinajstić information content (AvgIpc) is 3.58. The van der Waals surface area contributed by atoms with Gasteiger partial charge < -0.3 is 0 Å². The Morgan fingerprint density at radius 2 is 1.22 bits per heavy atom. The van der Waals surface area contributed by atoms with E-state index in [4.69, 9.17) is 9.97 Å². The van der Waals surface area contributed by atoms with E-state index in [0.717, 1.165) is 39.8 Å². The third kappa shape index (κ3) is 3.54. The maximum Gasteiger partial charge on any atom is 0.161 e. The van der Waals surface area contributed by atoms with Gasteiger partial charge in [-0.3, -0.25) is 0 Å². The summed E-state index contributed by atoms with van der Waals surface area (Å²) in [4.78, 5) is 11.5. The zero-order chi connectivity index (χ0) is 33.6. The highest BCUT2D eigenvalue weighted by Gasteiger charge is 2.63. The maximum absolute atomic E-state index is 5.81. The molecule has 7 aromatic rings. The van der Waals surface area contributed by atoms with Crippen molar-refractivity contribution in [3.8, 4) is 44.9 Å². The van der Waals surface area contributed by atoms with E-state index in [1.807, 2.05) is 0 Å². The second-order valence-electron chi connectivity index (χ2n) is 16.9. The van der Waals surface area contributed by atoms with E-state index in [1.165, 1.54) is 81.8 Å². The summed E-state index contributed by atoms with van der Waals surface area (Å²) < 4.78 is 0. The summed E-state index contributed by atoms with van der Waals surface area (Å²) in [5, 5.41) is 3.57. The van der Waals surface area contributed by atoms with Crippen molar-refractivity contribution < 1.29 is 0 Å². The van der Waals surface area contributed by atoms with Crippen LogP contribution in [0.15, 0.2) is 121 Å². The molecule has 0 amide bonds. The Bertz CT molecular complexity index is 2600. The zero-order valence-corrected chi connectivity index (χ0v) is 29.3. The predicted octanol–water partition coefficient (Wildman–Crippen LogP) is 12.1. The fourth-order valence-electron chi connectivity index (χ4n) is 12.5. The molecule has 246 valence electrons. The topological polar surface area (TPSA) is 25.8 Å². The Morgan fingerprint density at radius 1 is 0.549 bits per heavy atom. The van der Waals surface area contributed by atoms with Crippen molar-refractivity contribution in [1.82, 2.24) is 9.97 Å². The highest BCUT2D eigenvalue weighted by atomic mass is 14.9. The van der Waals surface area contributed by atoms with Crippen molar-refractivity contribution in [3.63, 3.8) is 0 Å². The lowest BCUT2D eigenvalue weighted by molar-refractivity contribution is -0.0397. The Morgan fingerprint density at radius 3 is 2.00 bits per heavy atom. The first-order valence-electron chi connectivity index (χ1n) is 19.2. The first-order valence-corrected chi connectivity index (χ1v) is 19.2. The van der Waals surface area contributed by atoms with Crippen LogP contribution in [-0.2, 0) is 10.8 Å². The largest absolute Gasteiger partial charge is 0.228 e. The molecule has 1 aromatic heterocycles. The first-order chi connectivity index (χ1) is 25.0. The highest BCUT2D eigenvalue weighted by Crippen LogP contribution is 2.72. The van der Waals surface area contributed by atoms with Crippen LogP contribution in [0.1, 0.15) is 68.2 Å². The molecule has 2 heteroatoms. The molecule has 0 saturated heterocycles. The van der Waals surface area contributed by atoms with E-state index >= 15 is 0 Å². The molecule has 4 bridgehead atoms. The van der Waals surface area contributed by atoms with Gasteiger partial charge in [0, 0.05) is 27.3 Å². The van der Waals surface area contributed by atoms with Crippen molar-refractivity contribution in [3.05, 3.63) is 144 Å². The van der Waals surface area contributed by atoms with Gasteiger partial charge in [-0.1, -0.05) is 123 Å². The molecule has 13 rings (SSSR count). The smallest absolute Gasteiger partial charge is 0.161 e. The summed E-state index contributed by atoms with van der Waals surface area (Å²) in [6.45, 7) is 4.85. The second-order valence-corrected chi connectivity index (χ2v) is 16.9. The van der Waals surface area contributed by atoms with Gasteiger partial charge in [0.15, 0.2) is 5.82 Å². The van der Waals surface area contributed by atoms with Crippen LogP contribution in [0.5, 0.6) is 0 Å². The third-order valence-electron chi connectivity index (χ3n) is 14.2. The minimum atomic E-state index is -0.139. The standard InChI is InChI=1S/C49H40N2/c1-48(2)38-18-10-9-17-36(38)42-40(48)27-37-35-16-8-11-19-39(35)49(32-23-28-22-29(25-32)26-33(49)24-28)45(37)44(42)47-50-41-21-20-30-12-6-7-15-34(30)43(41)46(51-47)31-13-4-3-5-14-31/h3-21,27-29,32-33H,22-26H2,1-2H3. The maximum atomic E-state index is 5.81. The molecular weight excluding hydrogens is 617 g/mol. The van der Waals surface area contributed by atoms with Gasteiger partial charge in [-0.2, -0.15) is 0 Å². The summed E-state index contributed by atoms with van der Waals surface area (Å²) in [5.41, 5.74) is 15.9. The summed E-state index contributed by atoms with van der Waals surface area (Å²) in [7, 11) is 0. The van der Waals surface area contributed by atoms with E-state index in [0.29, 0.717) is 11.8 Å². The number of nitrogens with zero attached hydrogens (tertiary/aromatic N) is 2. The van der Waals surface area contributed by atoms with E-state index in [1.54, 1.807) is 11.1 Å². The minimum Gasteiger partial charge on any atom is -0.228 e. The number of fused-ring (bicyclic) bond motifs is 9. The van der Waals surface area contributed by atoms with Crippen LogP contribution in [0.3, 0.4) is 0 Å². The fraction of sp³-hybridized carbons (Fsp3) is 0.265. The molecule has 6 aliphatic carbocycles. The summed E-state index contributed by atoms with van der Waals surface area (Å²) in [6, 6.07) is 45.4. The van der Waals surface area contributed by atoms with Crippen LogP contribution in [-0.4, -0.2) is 9.97 Å². The second kappa shape index (κ2) is 9.82. The van der Waals surface area contributed by atoms with Crippen molar-refractivity contribution in [1.29, 1.82) is 0 Å². The summed E-state index contributed by atoms with van der Waals surface area (Å²) in [5.74, 6) is 3.94. The van der Waals surface area contributed by atoms with Gasteiger partial charge in [-0.05, 0) is 123 Å². The van der Waals surface area contributed by atoms with Crippen LogP contribution < -0.4 is 0 Å². The average molecular weight is 657 g/mol. The molecule has 0 unspecified atom stereocenters. The predicted molar refractivity (Wildman–Crippen MR) is 209 cm³/mol. The fourth-order valence-corrected chi connectivity index (χ4v) is 12.5. The molecule has 1 spiro atoms. The van der Waals surface area contributed by atoms with Crippen molar-refractivity contribution in [2.24, 2.45) is 23.7 Å². The molecule has 2 nitrogen and oxygen atoms in total. The van der Waals surface area contributed by atoms with Gasteiger partial charge >= 0.3 is 0 Å². The number of hydrogen-bond donors (Lipinski definition) is 0. The lowest BCUT2D eigenvalue weighted by atomic mass is 9.42. The zero-order valence-electron chi connectivity index (χ0n) is 29.3. The molecule has 4 saturated carbocycles. The van der Waals surface area contributed by atoms with E-state index in [2.05, 4.69) is 135 Å². The van der Waals surface area contributed by atoms with Gasteiger partial charge in [0.25, 0.3) is 0 Å². The molecule has 4 fully saturated rings. The van der Waals surface area contributed by atoms with Gasteiger partial charge in [0.05, 0.1) is 11.2 Å². The van der Waals surface area contributed by atoms with Gasteiger partial charge in [0.1, 0.15) is 0 Å². The molecule has 0 N–H and O–H groups in total. The first kappa shape index (κ1) is 28.6. The van der Waals surface area contributed by atoms with Crippen molar-refractivity contribution in [2.75, 3.05) is 0 Å². The van der Waals surface area contributed by atoms with Crippen LogP contribution in [0.2, 0.25) is 0 Å². The van der Waals surface area contributed by atoms with Crippen molar-refractivity contribution >= 4 is 21.7 Å². The molecular formula is C49H40N2. The van der Waals surface area contributed by atoms with Crippen molar-refractivity contribution in [2.45, 2.75) is 56.8 Å². The highest BCUT2D eigenvalue weighted by molar-refractivity contribution is 6.13. The molecule has 6 aliphatic rings. The SMILES string of the molecule is CC1(C)c2ccccc2-c2c1cc1c(c2-c2nc(-c3ccccc3)c3c(ccc4ccccc43)n2)C2(c3ccccc3-1)C1CC3CC(C1)CC2C3. The van der Waals surface area contributed by atoms with Crippen LogP contribution in [0, 0.1) is 23.7 Å². The van der Waals surface area contributed by atoms with Crippen LogP contribution >= 0.6 is 0 Å². The monoisotopic (exact) mass is 656 g/mol. The Balaban J connectivity index is 1.27. The third-order valence-corrected chi connectivity index (χ3v) is 14.2. The Hall–Kier alpha value is -5.08. The molecule has 51 heavy (non-hydrogen) atoms. The molecule has 0 atom stereocenters. The van der Waals surface area contributed by atoms with Crippen LogP contribution in [0.4, 0.5) is 0 Å². The molecule has 1 heterocycles. The molecule has 6 aromatic carbocycles. The summed E-state index contributed by atoms with van der Waals surface area (Å²) in [6.07, 6.45) is 6.83. The Labute approximate surface area is 299 Å². The number of aromatic nitrogens is 2. The normalized spacial score (nSPS) is 25.7. The van der Waals surface area contributed by atoms with Gasteiger partial charge in [-0.25, -0.2) is 9.97 Å². The van der Waals surface area contributed by atoms with E-state index in [9.17, 15) is 0 Å². The lowest BCUT2D eigenvalue weighted by Gasteiger charge is -2.61. The van der Waals surface area contributed by atoms with E-state index < -0.39 is 0 Å². The lowest BCUT2D eigenvalue weighted by Crippen LogP contribution is -2.55. The number of benzene rings is 6. The summed E-state index contributed by atoms with van der Waals surface area (Å²) >= 11 is 0. The minimum absolute atomic E-state index is 0.0139. The van der Waals surface area contributed by atoms with Crippen LogP contribution in [0.25, 0.3) is 66.6 Å². The van der Waals surface area contributed by atoms with Gasteiger partial charge in [-0.15, -0.1) is 0 Å². The van der Waals surface area contributed by atoms with Gasteiger partial charge in [0.2, 0.25) is 0 Å². The van der Waals surface area contributed by atoms with E-state index in [-0.39, 0.29) is 10.8 Å². The molecule has 0 aliphatic heterocycles. The number of rotatable bonds is 2. The molecule has 0 radical (unpaired) electrons. The number of hydrogen-bond acceptors (Lipinski definition) is 2. The Kier molecular flexibility index (Phi) is 5.51.